The molecule has 1 saturated heterocycles. The third-order valence-corrected chi connectivity index (χ3v) is 4.34. The Balaban J connectivity index is 1.90. The minimum atomic E-state index is 0.122. The minimum absolute atomic E-state index is 0.122. The SMILES string of the molecule is CC1CNCC1C(=O)N1CCN(C)c2ccccc21. The average Bonchev–Trinajstić information content (AvgIpc) is 2.85. The van der Waals surface area contributed by atoms with Gasteiger partial charge in [0.1, 0.15) is 0 Å². The lowest BCUT2D eigenvalue weighted by molar-refractivity contribution is -0.122. The quantitative estimate of drug-likeness (QED) is 0.826. The number of hydrogen-bond acceptors (Lipinski definition) is 3. The number of carbonyl (C=O) groups is 1. The van der Waals surface area contributed by atoms with Crippen molar-refractivity contribution in [1.29, 1.82) is 0 Å². The molecule has 0 saturated carbocycles. The largest absolute Gasteiger partial charge is 0.371 e. The highest BCUT2D eigenvalue weighted by molar-refractivity contribution is 5.99. The molecule has 2 aliphatic rings. The van der Waals surface area contributed by atoms with Gasteiger partial charge >= 0.3 is 0 Å². The maximum absolute atomic E-state index is 12.7. The van der Waals surface area contributed by atoms with E-state index in [9.17, 15) is 4.79 Å². The number of hydrogen-bond donors (Lipinski definition) is 1. The van der Waals surface area contributed by atoms with Crippen LogP contribution in [0.1, 0.15) is 6.92 Å². The molecule has 2 unspecified atom stereocenters. The lowest BCUT2D eigenvalue weighted by atomic mass is 9.96. The molecule has 1 N–H and O–H groups in total. The van der Waals surface area contributed by atoms with Crippen LogP contribution < -0.4 is 15.1 Å². The molecular formula is C15H21N3O. The first-order chi connectivity index (χ1) is 9.18. The predicted molar refractivity (Wildman–Crippen MR) is 77.6 cm³/mol. The van der Waals surface area contributed by atoms with Crippen molar-refractivity contribution >= 4 is 17.3 Å². The molecule has 0 aliphatic carbocycles. The van der Waals surface area contributed by atoms with E-state index in [0.717, 1.165) is 37.6 Å². The first-order valence-corrected chi connectivity index (χ1v) is 7.00. The van der Waals surface area contributed by atoms with E-state index in [2.05, 4.69) is 36.3 Å². The van der Waals surface area contributed by atoms with Gasteiger partial charge in [-0.3, -0.25) is 4.79 Å². The van der Waals surface area contributed by atoms with E-state index < -0.39 is 0 Å². The van der Waals surface area contributed by atoms with Crippen LogP contribution in [0, 0.1) is 11.8 Å². The lowest BCUT2D eigenvalue weighted by Gasteiger charge is -2.37. The number of benzene rings is 1. The maximum Gasteiger partial charge on any atom is 0.231 e. The fourth-order valence-electron chi connectivity index (χ4n) is 3.08. The van der Waals surface area contributed by atoms with Crippen molar-refractivity contribution in [1.82, 2.24) is 5.32 Å². The zero-order valence-corrected chi connectivity index (χ0v) is 11.6. The van der Waals surface area contributed by atoms with Gasteiger partial charge in [-0.25, -0.2) is 0 Å². The van der Waals surface area contributed by atoms with Crippen LogP contribution in [-0.2, 0) is 4.79 Å². The number of anilines is 2. The zero-order chi connectivity index (χ0) is 13.4. The molecule has 1 aromatic rings. The highest BCUT2D eigenvalue weighted by atomic mass is 16.2. The van der Waals surface area contributed by atoms with Crippen molar-refractivity contribution in [3.05, 3.63) is 24.3 Å². The molecule has 2 atom stereocenters. The van der Waals surface area contributed by atoms with Crippen molar-refractivity contribution in [3.8, 4) is 0 Å². The van der Waals surface area contributed by atoms with Crippen LogP contribution in [0.15, 0.2) is 24.3 Å². The van der Waals surface area contributed by atoms with Crippen molar-refractivity contribution in [2.45, 2.75) is 6.92 Å². The third kappa shape index (κ3) is 2.10. The van der Waals surface area contributed by atoms with Crippen LogP contribution in [0.2, 0.25) is 0 Å². The summed E-state index contributed by atoms with van der Waals surface area (Å²) in [6.45, 7) is 5.61. The highest BCUT2D eigenvalue weighted by Crippen LogP contribution is 2.33. The summed E-state index contributed by atoms with van der Waals surface area (Å²) in [4.78, 5) is 16.9. The van der Waals surface area contributed by atoms with Gasteiger partial charge in [0.05, 0.1) is 17.3 Å². The van der Waals surface area contributed by atoms with Crippen LogP contribution in [0.5, 0.6) is 0 Å². The van der Waals surface area contributed by atoms with Gasteiger partial charge in [-0.1, -0.05) is 19.1 Å². The highest BCUT2D eigenvalue weighted by Gasteiger charge is 2.35. The Morgan fingerprint density at radius 1 is 1.21 bits per heavy atom. The van der Waals surface area contributed by atoms with E-state index in [4.69, 9.17) is 0 Å². The first kappa shape index (κ1) is 12.5. The van der Waals surface area contributed by atoms with E-state index in [0.29, 0.717) is 5.92 Å². The molecule has 4 nitrogen and oxygen atoms in total. The standard InChI is InChI=1S/C15H21N3O/c1-11-9-16-10-12(11)15(19)18-8-7-17(2)13-5-3-4-6-14(13)18/h3-6,11-12,16H,7-10H2,1-2H3. The normalized spacial score (nSPS) is 26.4. The van der Waals surface area contributed by atoms with Crippen molar-refractivity contribution in [2.75, 3.05) is 43.0 Å². The average molecular weight is 259 g/mol. The third-order valence-electron chi connectivity index (χ3n) is 4.34. The Bertz CT molecular complexity index is 488. The zero-order valence-electron chi connectivity index (χ0n) is 11.6. The Hall–Kier alpha value is -1.55. The summed E-state index contributed by atoms with van der Waals surface area (Å²) in [7, 11) is 2.08. The molecule has 2 aliphatic heterocycles. The van der Waals surface area contributed by atoms with Crippen LogP contribution >= 0.6 is 0 Å². The predicted octanol–water partition coefficient (Wildman–Crippen LogP) is 1.32. The molecule has 4 heteroatoms. The summed E-state index contributed by atoms with van der Waals surface area (Å²) in [5.41, 5.74) is 2.21. The van der Waals surface area contributed by atoms with Crippen LogP contribution in [-0.4, -0.2) is 39.1 Å². The lowest BCUT2D eigenvalue weighted by Crippen LogP contribution is -2.46. The van der Waals surface area contributed by atoms with E-state index in [-0.39, 0.29) is 11.8 Å². The Morgan fingerprint density at radius 3 is 2.63 bits per heavy atom. The topological polar surface area (TPSA) is 35.6 Å². The van der Waals surface area contributed by atoms with E-state index >= 15 is 0 Å². The summed E-state index contributed by atoms with van der Waals surface area (Å²) in [5, 5.41) is 3.32. The van der Waals surface area contributed by atoms with Gasteiger partial charge in [0.25, 0.3) is 0 Å². The summed E-state index contributed by atoms with van der Waals surface area (Å²) >= 11 is 0. The Labute approximate surface area is 114 Å². The number of fused-ring (bicyclic) bond motifs is 1. The Kier molecular flexibility index (Phi) is 3.19. The molecule has 3 rings (SSSR count). The molecule has 19 heavy (non-hydrogen) atoms. The van der Waals surface area contributed by atoms with Gasteiger partial charge in [-0.2, -0.15) is 0 Å². The first-order valence-electron chi connectivity index (χ1n) is 7.00. The minimum Gasteiger partial charge on any atom is -0.371 e. The molecule has 1 aromatic carbocycles. The molecule has 102 valence electrons. The number of para-hydroxylation sites is 2. The number of nitrogens with zero attached hydrogens (tertiary/aromatic N) is 2. The second-order valence-corrected chi connectivity index (χ2v) is 5.64. The van der Waals surface area contributed by atoms with Crippen molar-refractivity contribution in [3.63, 3.8) is 0 Å². The van der Waals surface area contributed by atoms with E-state index in [1.165, 1.54) is 0 Å². The van der Waals surface area contributed by atoms with Crippen molar-refractivity contribution < 1.29 is 4.79 Å². The van der Waals surface area contributed by atoms with Crippen LogP contribution in [0.4, 0.5) is 11.4 Å². The second kappa shape index (κ2) is 4.85. The molecule has 1 amide bonds. The summed E-state index contributed by atoms with van der Waals surface area (Å²) in [6.07, 6.45) is 0. The summed E-state index contributed by atoms with van der Waals surface area (Å²) in [6, 6.07) is 8.18. The number of carbonyl (C=O) groups excluding carboxylic acids is 1. The van der Waals surface area contributed by atoms with E-state index in [1.54, 1.807) is 0 Å². The number of amides is 1. The number of nitrogens with one attached hydrogen (secondary N) is 1. The summed E-state index contributed by atoms with van der Waals surface area (Å²) in [5.74, 6) is 0.828. The molecule has 0 aromatic heterocycles. The van der Waals surface area contributed by atoms with Crippen LogP contribution in [0.3, 0.4) is 0 Å². The maximum atomic E-state index is 12.7. The van der Waals surface area contributed by atoms with Crippen LogP contribution in [0.25, 0.3) is 0 Å². The number of likely N-dealkylation sites (N-methyl/N-ethyl adjacent to an activating group) is 1. The Morgan fingerprint density at radius 2 is 1.95 bits per heavy atom. The molecule has 2 heterocycles. The molecule has 0 radical (unpaired) electrons. The van der Waals surface area contributed by atoms with Crippen molar-refractivity contribution in [2.24, 2.45) is 11.8 Å². The fraction of sp³-hybridized carbons (Fsp3) is 0.533. The van der Waals surface area contributed by atoms with Gasteiger partial charge in [0.15, 0.2) is 0 Å². The molecule has 1 fully saturated rings. The summed E-state index contributed by atoms with van der Waals surface area (Å²) < 4.78 is 0. The molecule has 0 bridgehead atoms. The van der Waals surface area contributed by atoms with Gasteiger partial charge in [0, 0.05) is 26.7 Å². The number of rotatable bonds is 1. The smallest absolute Gasteiger partial charge is 0.231 e. The van der Waals surface area contributed by atoms with Gasteiger partial charge in [-0.15, -0.1) is 0 Å². The van der Waals surface area contributed by atoms with Gasteiger partial charge < -0.3 is 15.1 Å². The van der Waals surface area contributed by atoms with Gasteiger partial charge in [0.2, 0.25) is 5.91 Å². The molecular weight excluding hydrogens is 238 g/mol. The molecule has 0 spiro atoms. The fourth-order valence-corrected chi connectivity index (χ4v) is 3.08. The monoisotopic (exact) mass is 259 g/mol. The van der Waals surface area contributed by atoms with E-state index in [1.807, 2.05) is 17.0 Å². The second-order valence-electron chi connectivity index (χ2n) is 5.64. The van der Waals surface area contributed by atoms with Gasteiger partial charge in [-0.05, 0) is 24.6 Å².